The molecule has 0 spiro atoms. The molecule has 3 rings (SSSR count). The van der Waals surface area contributed by atoms with Crippen molar-refractivity contribution >= 4 is 15.9 Å². The monoisotopic (exact) mass is 309 g/mol. The molecule has 98 valence electrons. The fourth-order valence-electron chi connectivity index (χ4n) is 2.77. The van der Waals surface area contributed by atoms with Crippen molar-refractivity contribution in [3.8, 4) is 5.75 Å². The van der Waals surface area contributed by atoms with Crippen LogP contribution in [0.2, 0.25) is 0 Å². The van der Waals surface area contributed by atoms with Crippen LogP contribution in [0.3, 0.4) is 0 Å². The van der Waals surface area contributed by atoms with Crippen LogP contribution in [0.25, 0.3) is 0 Å². The molecular formula is C15H20BrNO. The van der Waals surface area contributed by atoms with Gasteiger partial charge in [-0.2, -0.15) is 0 Å². The lowest BCUT2D eigenvalue weighted by Gasteiger charge is -2.23. The van der Waals surface area contributed by atoms with Gasteiger partial charge < -0.3 is 10.1 Å². The molecule has 2 aliphatic rings. The van der Waals surface area contributed by atoms with Gasteiger partial charge in [0.2, 0.25) is 0 Å². The number of rotatable bonds is 3. The van der Waals surface area contributed by atoms with Crippen molar-refractivity contribution in [1.82, 2.24) is 5.32 Å². The van der Waals surface area contributed by atoms with Crippen LogP contribution in [0.15, 0.2) is 22.7 Å². The molecule has 1 N–H and O–H groups in total. The average molecular weight is 310 g/mol. The third kappa shape index (κ3) is 2.72. The molecule has 2 nitrogen and oxygen atoms in total. The van der Waals surface area contributed by atoms with Crippen LogP contribution in [0.4, 0.5) is 0 Å². The Morgan fingerprint density at radius 1 is 1.33 bits per heavy atom. The van der Waals surface area contributed by atoms with Gasteiger partial charge in [0.1, 0.15) is 5.75 Å². The van der Waals surface area contributed by atoms with Crippen molar-refractivity contribution in [3.63, 3.8) is 0 Å². The van der Waals surface area contributed by atoms with E-state index in [0.29, 0.717) is 12.1 Å². The molecule has 1 saturated carbocycles. The van der Waals surface area contributed by atoms with Gasteiger partial charge in [0.05, 0.1) is 6.61 Å². The second-order valence-electron chi connectivity index (χ2n) is 5.52. The summed E-state index contributed by atoms with van der Waals surface area (Å²) in [6, 6.07) is 7.49. The van der Waals surface area contributed by atoms with Crippen molar-refractivity contribution in [3.05, 3.63) is 28.2 Å². The summed E-state index contributed by atoms with van der Waals surface area (Å²) in [5.74, 6) is 1.94. The number of fused-ring (bicyclic) bond motifs is 1. The van der Waals surface area contributed by atoms with Crippen LogP contribution >= 0.6 is 15.9 Å². The molecule has 1 aliphatic carbocycles. The van der Waals surface area contributed by atoms with Crippen LogP contribution < -0.4 is 10.1 Å². The Morgan fingerprint density at radius 3 is 2.94 bits per heavy atom. The van der Waals surface area contributed by atoms with Gasteiger partial charge in [-0.05, 0) is 50.7 Å². The molecule has 0 aromatic heterocycles. The topological polar surface area (TPSA) is 21.3 Å². The standard InChI is InChI=1S/C15H20BrNO/c1-10(11-4-5-11)17-14-3-2-8-18-15-9-12(16)6-7-13(14)15/h6-7,9-11,14,17H,2-5,8H2,1H3. The zero-order valence-electron chi connectivity index (χ0n) is 10.8. The first-order chi connectivity index (χ1) is 8.74. The Bertz CT molecular complexity index is 431. The minimum Gasteiger partial charge on any atom is -0.493 e. The molecule has 3 heteroatoms. The largest absolute Gasteiger partial charge is 0.493 e. The van der Waals surface area contributed by atoms with Gasteiger partial charge in [-0.25, -0.2) is 0 Å². The maximum atomic E-state index is 5.85. The van der Waals surface area contributed by atoms with Crippen molar-refractivity contribution < 1.29 is 4.74 Å². The van der Waals surface area contributed by atoms with Crippen LogP contribution in [0.1, 0.15) is 44.2 Å². The fourth-order valence-corrected chi connectivity index (χ4v) is 3.11. The number of ether oxygens (including phenoxy) is 1. The normalized spacial score (nSPS) is 24.9. The molecule has 0 amide bonds. The number of halogens is 1. The maximum Gasteiger partial charge on any atom is 0.125 e. The highest BCUT2D eigenvalue weighted by atomic mass is 79.9. The average Bonchev–Trinajstić information content (AvgIpc) is 3.16. The molecule has 0 saturated heterocycles. The van der Waals surface area contributed by atoms with E-state index in [1.165, 1.54) is 24.8 Å². The maximum absolute atomic E-state index is 5.85. The number of benzene rings is 1. The summed E-state index contributed by atoms with van der Waals surface area (Å²) in [5.41, 5.74) is 1.32. The highest BCUT2D eigenvalue weighted by Crippen LogP contribution is 2.37. The van der Waals surface area contributed by atoms with E-state index in [-0.39, 0.29) is 0 Å². The highest BCUT2D eigenvalue weighted by molar-refractivity contribution is 9.10. The molecule has 1 aromatic rings. The molecule has 18 heavy (non-hydrogen) atoms. The lowest BCUT2D eigenvalue weighted by molar-refractivity contribution is 0.313. The zero-order valence-corrected chi connectivity index (χ0v) is 12.4. The molecule has 2 unspecified atom stereocenters. The number of hydrogen-bond donors (Lipinski definition) is 1. The van der Waals surface area contributed by atoms with Crippen molar-refractivity contribution in [1.29, 1.82) is 0 Å². The first-order valence-corrected chi connectivity index (χ1v) is 7.71. The van der Waals surface area contributed by atoms with Crippen LogP contribution in [0, 0.1) is 5.92 Å². The first-order valence-electron chi connectivity index (χ1n) is 6.92. The molecule has 1 heterocycles. The molecule has 1 aliphatic heterocycles. The van der Waals surface area contributed by atoms with Crippen molar-refractivity contribution in [2.75, 3.05) is 6.61 Å². The lowest BCUT2D eigenvalue weighted by atomic mass is 10.0. The van der Waals surface area contributed by atoms with E-state index < -0.39 is 0 Å². The first kappa shape index (κ1) is 12.5. The molecule has 1 fully saturated rings. The Balaban J connectivity index is 1.81. The quantitative estimate of drug-likeness (QED) is 0.909. The summed E-state index contributed by atoms with van der Waals surface area (Å²) in [4.78, 5) is 0. The predicted octanol–water partition coefficient (Wildman–Crippen LogP) is 4.05. The Kier molecular flexibility index (Phi) is 3.62. The second-order valence-corrected chi connectivity index (χ2v) is 6.43. The van der Waals surface area contributed by atoms with Gasteiger partial charge in [-0.1, -0.05) is 22.0 Å². The molecule has 0 radical (unpaired) electrons. The van der Waals surface area contributed by atoms with Gasteiger partial charge in [-0.15, -0.1) is 0 Å². The van der Waals surface area contributed by atoms with Gasteiger partial charge in [0.15, 0.2) is 0 Å². The van der Waals surface area contributed by atoms with E-state index in [2.05, 4.69) is 46.4 Å². The fraction of sp³-hybridized carbons (Fsp3) is 0.600. The third-order valence-electron chi connectivity index (χ3n) is 4.04. The molecule has 0 bridgehead atoms. The van der Waals surface area contributed by atoms with Gasteiger partial charge in [0.25, 0.3) is 0 Å². The summed E-state index contributed by atoms with van der Waals surface area (Å²) < 4.78 is 6.94. The smallest absolute Gasteiger partial charge is 0.125 e. The summed E-state index contributed by atoms with van der Waals surface area (Å²) in [7, 11) is 0. The summed E-state index contributed by atoms with van der Waals surface area (Å²) in [6.07, 6.45) is 5.09. The van der Waals surface area contributed by atoms with E-state index in [1.54, 1.807) is 0 Å². The number of nitrogens with one attached hydrogen (secondary N) is 1. The van der Waals surface area contributed by atoms with E-state index in [0.717, 1.165) is 29.2 Å². The highest BCUT2D eigenvalue weighted by Gasteiger charge is 2.30. The Labute approximate surface area is 117 Å². The third-order valence-corrected chi connectivity index (χ3v) is 4.53. The van der Waals surface area contributed by atoms with Crippen molar-refractivity contribution in [2.24, 2.45) is 5.92 Å². The SMILES string of the molecule is CC(NC1CCCOc2cc(Br)ccc21)C1CC1. The van der Waals surface area contributed by atoms with Gasteiger partial charge in [0, 0.05) is 22.1 Å². The second kappa shape index (κ2) is 5.22. The zero-order chi connectivity index (χ0) is 12.5. The molecule has 2 atom stereocenters. The molecule has 1 aromatic carbocycles. The van der Waals surface area contributed by atoms with Crippen LogP contribution in [-0.2, 0) is 0 Å². The lowest BCUT2D eigenvalue weighted by Crippen LogP contribution is -2.32. The van der Waals surface area contributed by atoms with Crippen LogP contribution in [0.5, 0.6) is 5.75 Å². The number of hydrogen-bond acceptors (Lipinski definition) is 2. The van der Waals surface area contributed by atoms with Gasteiger partial charge in [-0.3, -0.25) is 0 Å². The van der Waals surface area contributed by atoms with E-state index in [4.69, 9.17) is 4.74 Å². The minimum atomic E-state index is 0.450. The van der Waals surface area contributed by atoms with Crippen LogP contribution in [-0.4, -0.2) is 12.6 Å². The summed E-state index contributed by atoms with van der Waals surface area (Å²) >= 11 is 3.52. The van der Waals surface area contributed by atoms with Crippen molar-refractivity contribution in [2.45, 2.75) is 44.7 Å². The predicted molar refractivity (Wildman–Crippen MR) is 76.9 cm³/mol. The minimum absolute atomic E-state index is 0.450. The Hall–Kier alpha value is -0.540. The van der Waals surface area contributed by atoms with Gasteiger partial charge >= 0.3 is 0 Å². The Morgan fingerprint density at radius 2 is 2.17 bits per heavy atom. The summed E-state index contributed by atoms with van der Waals surface area (Å²) in [5, 5.41) is 3.80. The van der Waals surface area contributed by atoms with E-state index in [9.17, 15) is 0 Å². The van der Waals surface area contributed by atoms with E-state index in [1.807, 2.05) is 0 Å². The van der Waals surface area contributed by atoms with E-state index >= 15 is 0 Å². The summed E-state index contributed by atoms with van der Waals surface area (Å²) in [6.45, 7) is 3.15. The molecular weight excluding hydrogens is 290 g/mol.